The van der Waals surface area contributed by atoms with Crippen LogP contribution in [0.2, 0.25) is 10.0 Å². The molecule has 0 aliphatic carbocycles. The number of likely N-dealkylation sites (N-methyl/N-ethyl adjacent to an activating group) is 1. The Kier molecular flexibility index (Phi) is 5.66. The Morgan fingerprint density at radius 2 is 2.05 bits per heavy atom. The molecule has 1 unspecified atom stereocenters. The Bertz CT molecular complexity index is 449. The Hall–Kier alpha value is -0.810. The van der Waals surface area contributed by atoms with Crippen molar-refractivity contribution in [3.63, 3.8) is 0 Å². The topological polar surface area (TPSA) is 44.4 Å². The van der Waals surface area contributed by atoms with Crippen LogP contribution in [-0.4, -0.2) is 43.5 Å². The van der Waals surface area contributed by atoms with Crippen molar-refractivity contribution in [1.82, 2.24) is 10.2 Å². The zero-order chi connectivity index (χ0) is 14.5. The van der Waals surface area contributed by atoms with Gasteiger partial charge < -0.3 is 10.6 Å². The average molecular weight is 316 g/mol. The summed E-state index contributed by atoms with van der Waals surface area (Å²) < 4.78 is 0. The molecule has 0 radical (unpaired) electrons. The first kappa shape index (κ1) is 15.6. The number of halogens is 2. The number of likely N-dealkylation sites (tertiary alicyclic amines) is 1. The maximum atomic E-state index is 11.4. The highest BCUT2D eigenvalue weighted by atomic mass is 35.5. The van der Waals surface area contributed by atoms with Crippen LogP contribution in [0.4, 0.5) is 5.69 Å². The third-order valence-electron chi connectivity index (χ3n) is 3.56. The molecule has 4 nitrogen and oxygen atoms in total. The molecule has 1 aromatic rings. The van der Waals surface area contributed by atoms with Crippen LogP contribution in [0.5, 0.6) is 0 Å². The maximum absolute atomic E-state index is 11.4. The number of hydrogen-bond donors (Lipinski definition) is 2. The molecule has 0 amide bonds. The molecule has 1 saturated heterocycles. The summed E-state index contributed by atoms with van der Waals surface area (Å²) >= 11 is 11.9. The first-order valence-electron chi connectivity index (χ1n) is 6.71. The highest BCUT2D eigenvalue weighted by Crippen LogP contribution is 2.23. The third-order valence-corrected chi connectivity index (χ3v) is 4.00. The lowest BCUT2D eigenvalue weighted by Crippen LogP contribution is -2.51. The van der Waals surface area contributed by atoms with Gasteiger partial charge in [-0.25, -0.2) is 0 Å². The number of piperidine rings is 1. The van der Waals surface area contributed by atoms with Crippen molar-refractivity contribution in [1.29, 1.82) is 0 Å². The van der Waals surface area contributed by atoms with E-state index in [-0.39, 0.29) is 6.17 Å². The van der Waals surface area contributed by atoms with E-state index in [2.05, 4.69) is 15.5 Å². The molecule has 1 aliphatic heterocycles. The highest BCUT2D eigenvalue weighted by molar-refractivity contribution is 6.35. The van der Waals surface area contributed by atoms with Gasteiger partial charge >= 0.3 is 0 Å². The fourth-order valence-electron chi connectivity index (χ4n) is 2.51. The molecule has 20 heavy (non-hydrogen) atoms. The van der Waals surface area contributed by atoms with Crippen LogP contribution in [0.25, 0.3) is 0 Å². The van der Waals surface area contributed by atoms with Gasteiger partial charge in [0.05, 0.1) is 0 Å². The van der Waals surface area contributed by atoms with Gasteiger partial charge in [-0.1, -0.05) is 23.2 Å². The number of carbonyl (C=O) groups is 1. The maximum Gasteiger partial charge on any atom is 0.157 e. The van der Waals surface area contributed by atoms with Gasteiger partial charge in [0.1, 0.15) is 6.17 Å². The first-order valence-corrected chi connectivity index (χ1v) is 7.47. The van der Waals surface area contributed by atoms with E-state index < -0.39 is 0 Å². The molecule has 2 N–H and O–H groups in total. The number of carbonyl (C=O) groups excluding carboxylic acids is 1. The van der Waals surface area contributed by atoms with E-state index in [4.69, 9.17) is 23.2 Å². The number of aldehydes is 1. The lowest BCUT2D eigenvalue weighted by Gasteiger charge is -2.36. The first-order chi connectivity index (χ1) is 9.62. The SMILES string of the molecule is CN[C@H]1CCCN(C(C=O)Nc2cc(Cl)cc(Cl)c2)C1. The van der Waals surface area contributed by atoms with Gasteiger partial charge in [-0.3, -0.25) is 9.69 Å². The Morgan fingerprint density at radius 1 is 1.35 bits per heavy atom. The molecule has 1 heterocycles. The second-order valence-corrected chi connectivity index (χ2v) is 5.88. The predicted octanol–water partition coefficient (Wildman–Crippen LogP) is 2.61. The van der Waals surface area contributed by atoms with Crippen LogP contribution in [0.3, 0.4) is 0 Å². The van der Waals surface area contributed by atoms with Crippen LogP contribution in [0.1, 0.15) is 12.8 Å². The zero-order valence-electron chi connectivity index (χ0n) is 11.4. The van der Waals surface area contributed by atoms with E-state index in [0.29, 0.717) is 16.1 Å². The molecule has 0 spiro atoms. The molecule has 6 heteroatoms. The van der Waals surface area contributed by atoms with Gasteiger partial charge in [0.15, 0.2) is 6.29 Å². The van der Waals surface area contributed by atoms with Crippen molar-refractivity contribution < 1.29 is 4.79 Å². The van der Waals surface area contributed by atoms with Gasteiger partial charge in [0.25, 0.3) is 0 Å². The summed E-state index contributed by atoms with van der Waals surface area (Å²) in [6.07, 6.45) is 2.78. The Morgan fingerprint density at radius 3 is 2.65 bits per heavy atom. The van der Waals surface area contributed by atoms with E-state index in [1.54, 1.807) is 18.2 Å². The monoisotopic (exact) mass is 315 g/mol. The molecule has 2 atom stereocenters. The number of anilines is 1. The number of hydrogen-bond acceptors (Lipinski definition) is 4. The summed E-state index contributed by atoms with van der Waals surface area (Å²) in [6.45, 7) is 1.75. The van der Waals surface area contributed by atoms with Crippen LogP contribution >= 0.6 is 23.2 Å². The second kappa shape index (κ2) is 7.27. The van der Waals surface area contributed by atoms with Crippen molar-refractivity contribution in [2.24, 2.45) is 0 Å². The van der Waals surface area contributed by atoms with Crippen molar-refractivity contribution in [3.05, 3.63) is 28.2 Å². The molecule has 0 aromatic heterocycles. The number of rotatable bonds is 5. The van der Waals surface area contributed by atoms with Crippen molar-refractivity contribution in [2.45, 2.75) is 25.0 Å². The molecule has 1 aromatic carbocycles. The van der Waals surface area contributed by atoms with Crippen LogP contribution in [0.15, 0.2) is 18.2 Å². The predicted molar refractivity (Wildman–Crippen MR) is 83.6 cm³/mol. The summed E-state index contributed by atoms with van der Waals surface area (Å²) in [5.74, 6) is 0. The van der Waals surface area contributed by atoms with E-state index >= 15 is 0 Å². The Labute approximate surface area is 129 Å². The van der Waals surface area contributed by atoms with E-state index in [0.717, 1.165) is 37.9 Å². The molecule has 0 bridgehead atoms. The molecule has 2 rings (SSSR count). The van der Waals surface area contributed by atoms with Gasteiger partial charge in [-0.15, -0.1) is 0 Å². The largest absolute Gasteiger partial charge is 0.364 e. The fourth-order valence-corrected chi connectivity index (χ4v) is 3.04. The molecular formula is C14H19Cl2N3O. The molecule has 1 fully saturated rings. The van der Waals surface area contributed by atoms with Crippen molar-refractivity contribution in [3.8, 4) is 0 Å². The minimum absolute atomic E-state index is 0.360. The average Bonchev–Trinajstić information content (AvgIpc) is 2.44. The zero-order valence-corrected chi connectivity index (χ0v) is 12.9. The third kappa shape index (κ3) is 4.09. The number of nitrogens with zero attached hydrogens (tertiary/aromatic N) is 1. The summed E-state index contributed by atoms with van der Waals surface area (Å²) in [5.41, 5.74) is 0.756. The van der Waals surface area contributed by atoms with Gasteiger partial charge in [-0.2, -0.15) is 0 Å². The minimum Gasteiger partial charge on any atom is -0.364 e. The molecule has 110 valence electrons. The summed E-state index contributed by atoms with van der Waals surface area (Å²) in [4.78, 5) is 13.5. The van der Waals surface area contributed by atoms with Crippen LogP contribution < -0.4 is 10.6 Å². The second-order valence-electron chi connectivity index (χ2n) is 5.01. The summed E-state index contributed by atoms with van der Waals surface area (Å²) in [7, 11) is 1.95. The van der Waals surface area contributed by atoms with E-state index in [9.17, 15) is 4.79 Å². The highest BCUT2D eigenvalue weighted by Gasteiger charge is 2.24. The van der Waals surface area contributed by atoms with Gasteiger partial charge in [0, 0.05) is 34.9 Å². The van der Waals surface area contributed by atoms with Crippen molar-refractivity contribution in [2.75, 3.05) is 25.5 Å². The quantitative estimate of drug-likeness (QED) is 0.820. The lowest BCUT2D eigenvalue weighted by atomic mass is 10.1. The Balaban J connectivity index is 2.06. The molecule has 0 saturated carbocycles. The number of nitrogens with one attached hydrogen (secondary N) is 2. The van der Waals surface area contributed by atoms with Crippen LogP contribution in [0, 0.1) is 0 Å². The van der Waals surface area contributed by atoms with E-state index in [1.165, 1.54) is 0 Å². The number of benzene rings is 1. The van der Waals surface area contributed by atoms with Gasteiger partial charge in [-0.05, 0) is 38.1 Å². The van der Waals surface area contributed by atoms with Crippen molar-refractivity contribution >= 4 is 35.2 Å². The van der Waals surface area contributed by atoms with E-state index in [1.807, 2.05) is 7.05 Å². The molecule has 1 aliphatic rings. The lowest BCUT2D eigenvalue weighted by molar-refractivity contribution is -0.112. The van der Waals surface area contributed by atoms with Gasteiger partial charge in [0.2, 0.25) is 0 Å². The summed E-state index contributed by atoms with van der Waals surface area (Å²) in [6, 6.07) is 5.63. The minimum atomic E-state index is -0.360. The standard InChI is InChI=1S/C14H19Cl2N3O/c1-17-12-3-2-4-19(8-12)14(9-20)18-13-6-10(15)5-11(16)7-13/h5-7,9,12,14,17-18H,2-4,8H2,1H3/t12-,14?/m0/s1. The summed E-state index contributed by atoms with van der Waals surface area (Å²) in [5, 5.41) is 7.56. The van der Waals surface area contributed by atoms with Crippen LogP contribution in [-0.2, 0) is 4.79 Å². The normalized spacial score (nSPS) is 21.4. The smallest absolute Gasteiger partial charge is 0.157 e. The fraction of sp³-hybridized carbons (Fsp3) is 0.500. The molecular weight excluding hydrogens is 297 g/mol.